The zero-order valence-corrected chi connectivity index (χ0v) is 10.8. The Bertz CT molecular complexity index is 567. The van der Waals surface area contributed by atoms with Crippen LogP contribution in [0.4, 0.5) is 0 Å². The van der Waals surface area contributed by atoms with E-state index < -0.39 is 0 Å². The molecular formula is C14H18N2O. The Morgan fingerprint density at radius 1 is 1.41 bits per heavy atom. The lowest BCUT2D eigenvalue weighted by Gasteiger charge is -2.05. The summed E-state index contributed by atoms with van der Waals surface area (Å²) in [6.07, 6.45) is 0.981. The van der Waals surface area contributed by atoms with Crippen molar-refractivity contribution < 1.29 is 4.79 Å². The van der Waals surface area contributed by atoms with Gasteiger partial charge in [0, 0.05) is 23.7 Å². The van der Waals surface area contributed by atoms with Crippen LogP contribution in [0.5, 0.6) is 0 Å². The minimum Gasteiger partial charge on any atom is -0.295 e. The Hall–Kier alpha value is -1.64. The van der Waals surface area contributed by atoms with Gasteiger partial charge >= 0.3 is 0 Å². The number of benzene rings is 1. The molecule has 0 radical (unpaired) electrons. The van der Waals surface area contributed by atoms with E-state index in [1.165, 1.54) is 5.69 Å². The lowest BCUT2D eigenvalue weighted by atomic mass is 10.0. The smallest absolute Gasteiger partial charge is 0.159 e. The van der Waals surface area contributed by atoms with Gasteiger partial charge in [0.1, 0.15) is 0 Å². The molecule has 1 aromatic carbocycles. The van der Waals surface area contributed by atoms with Crippen molar-refractivity contribution in [2.75, 3.05) is 0 Å². The lowest BCUT2D eigenvalue weighted by molar-refractivity contribution is 0.101. The van der Waals surface area contributed by atoms with Crippen LogP contribution in [-0.4, -0.2) is 15.6 Å². The first-order valence-corrected chi connectivity index (χ1v) is 5.95. The van der Waals surface area contributed by atoms with E-state index in [2.05, 4.69) is 18.9 Å². The Kier molecular flexibility index (Phi) is 3.01. The molecule has 0 N–H and O–H groups in total. The maximum atomic E-state index is 11.4. The molecule has 0 aliphatic rings. The molecule has 1 aromatic heterocycles. The summed E-state index contributed by atoms with van der Waals surface area (Å²) in [7, 11) is 1.96. The SMILES string of the molecule is CC(=O)c1ccc2nn(C)c(CC(C)C)c2c1. The van der Waals surface area contributed by atoms with Gasteiger partial charge in [-0.1, -0.05) is 13.8 Å². The standard InChI is InChI=1S/C14H18N2O/c1-9(2)7-14-12-8-11(10(3)17)5-6-13(12)15-16(14)4/h5-6,8-9H,7H2,1-4H3. The molecule has 17 heavy (non-hydrogen) atoms. The van der Waals surface area contributed by atoms with Gasteiger partial charge in [0.2, 0.25) is 0 Å². The fourth-order valence-electron chi connectivity index (χ4n) is 2.10. The Labute approximate surface area is 101 Å². The van der Waals surface area contributed by atoms with Crippen molar-refractivity contribution in [3.63, 3.8) is 0 Å². The van der Waals surface area contributed by atoms with E-state index in [0.29, 0.717) is 5.92 Å². The first-order chi connectivity index (χ1) is 7.99. The Morgan fingerprint density at radius 3 is 2.71 bits per heavy atom. The number of hydrogen-bond acceptors (Lipinski definition) is 2. The van der Waals surface area contributed by atoms with E-state index in [-0.39, 0.29) is 5.78 Å². The van der Waals surface area contributed by atoms with Gasteiger partial charge in [-0.25, -0.2) is 0 Å². The normalized spacial score (nSPS) is 11.4. The second-order valence-electron chi connectivity index (χ2n) is 4.96. The number of carbonyl (C=O) groups excluding carboxylic acids is 1. The van der Waals surface area contributed by atoms with Crippen LogP contribution in [0.25, 0.3) is 10.9 Å². The molecule has 2 rings (SSSR count). The average Bonchev–Trinajstić information content (AvgIpc) is 2.54. The van der Waals surface area contributed by atoms with E-state index in [9.17, 15) is 4.79 Å². The largest absolute Gasteiger partial charge is 0.295 e. The highest BCUT2D eigenvalue weighted by atomic mass is 16.1. The molecule has 2 aromatic rings. The van der Waals surface area contributed by atoms with E-state index in [1.54, 1.807) is 6.92 Å². The predicted molar refractivity (Wildman–Crippen MR) is 69.3 cm³/mol. The monoisotopic (exact) mass is 230 g/mol. The van der Waals surface area contributed by atoms with Crippen LogP contribution in [-0.2, 0) is 13.5 Å². The predicted octanol–water partition coefficient (Wildman–Crippen LogP) is 2.97. The molecule has 3 nitrogen and oxygen atoms in total. The Morgan fingerprint density at radius 2 is 2.12 bits per heavy atom. The molecule has 1 heterocycles. The molecule has 0 amide bonds. The summed E-state index contributed by atoms with van der Waals surface area (Å²) in [5, 5.41) is 5.58. The third-order valence-electron chi connectivity index (χ3n) is 2.96. The molecule has 0 saturated carbocycles. The third kappa shape index (κ3) is 2.23. The zero-order chi connectivity index (χ0) is 12.6. The molecule has 0 aliphatic heterocycles. The van der Waals surface area contributed by atoms with Gasteiger partial charge < -0.3 is 0 Å². The molecule has 0 bridgehead atoms. The van der Waals surface area contributed by atoms with E-state index in [4.69, 9.17) is 0 Å². The van der Waals surface area contributed by atoms with E-state index in [0.717, 1.165) is 22.9 Å². The van der Waals surface area contributed by atoms with Gasteiger partial charge in [-0.05, 0) is 37.5 Å². The fourth-order valence-corrected chi connectivity index (χ4v) is 2.10. The summed E-state index contributed by atoms with van der Waals surface area (Å²) < 4.78 is 1.93. The molecule has 0 saturated heterocycles. The number of aromatic nitrogens is 2. The summed E-state index contributed by atoms with van der Waals surface area (Å²) in [5.41, 5.74) is 2.93. The minimum absolute atomic E-state index is 0.103. The lowest BCUT2D eigenvalue weighted by Crippen LogP contribution is -2.02. The zero-order valence-electron chi connectivity index (χ0n) is 10.8. The topological polar surface area (TPSA) is 34.9 Å². The number of rotatable bonds is 3. The second-order valence-corrected chi connectivity index (χ2v) is 4.96. The van der Waals surface area contributed by atoms with Crippen molar-refractivity contribution in [3.8, 4) is 0 Å². The molecule has 0 aliphatic carbocycles. The minimum atomic E-state index is 0.103. The molecule has 90 valence electrons. The summed E-state index contributed by atoms with van der Waals surface area (Å²) >= 11 is 0. The third-order valence-corrected chi connectivity index (χ3v) is 2.96. The van der Waals surface area contributed by atoms with Crippen LogP contribution in [0.2, 0.25) is 0 Å². The van der Waals surface area contributed by atoms with Crippen molar-refractivity contribution in [1.29, 1.82) is 0 Å². The highest BCUT2D eigenvalue weighted by Gasteiger charge is 2.12. The summed E-state index contributed by atoms with van der Waals surface area (Å²) in [4.78, 5) is 11.4. The first-order valence-electron chi connectivity index (χ1n) is 5.95. The molecule has 0 unspecified atom stereocenters. The number of fused-ring (bicyclic) bond motifs is 1. The first kappa shape index (κ1) is 11.8. The average molecular weight is 230 g/mol. The van der Waals surface area contributed by atoms with Crippen molar-refractivity contribution in [2.24, 2.45) is 13.0 Å². The van der Waals surface area contributed by atoms with Crippen LogP contribution >= 0.6 is 0 Å². The van der Waals surface area contributed by atoms with Crippen LogP contribution in [0, 0.1) is 5.92 Å². The summed E-state index contributed by atoms with van der Waals surface area (Å²) in [6, 6.07) is 5.73. The number of carbonyl (C=O) groups is 1. The highest BCUT2D eigenvalue weighted by Crippen LogP contribution is 2.22. The summed E-state index contributed by atoms with van der Waals surface area (Å²) in [6.45, 7) is 5.97. The number of ketones is 1. The van der Waals surface area contributed by atoms with Crippen molar-refractivity contribution in [3.05, 3.63) is 29.5 Å². The van der Waals surface area contributed by atoms with Gasteiger partial charge in [0.05, 0.1) is 5.52 Å². The molecular weight excluding hydrogens is 212 g/mol. The van der Waals surface area contributed by atoms with E-state index in [1.807, 2.05) is 29.9 Å². The molecule has 0 spiro atoms. The van der Waals surface area contributed by atoms with Crippen LogP contribution < -0.4 is 0 Å². The second kappa shape index (κ2) is 4.32. The molecule has 0 atom stereocenters. The van der Waals surface area contributed by atoms with Crippen LogP contribution in [0.3, 0.4) is 0 Å². The maximum Gasteiger partial charge on any atom is 0.159 e. The van der Waals surface area contributed by atoms with Crippen molar-refractivity contribution in [1.82, 2.24) is 9.78 Å². The highest BCUT2D eigenvalue weighted by molar-refractivity contribution is 5.98. The van der Waals surface area contributed by atoms with Gasteiger partial charge in [0.25, 0.3) is 0 Å². The maximum absolute atomic E-state index is 11.4. The van der Waals surface area contributed by atoms with Gasteiger partial charge in [-0.3, -0.25) is 9.48 Å². The quantitative estimate of drug-likeness (QED) is 0.760. The number of Topliss-reactive ketones (excluding diaryl/α,β-unsaturated/α-hetero) is 1. The van der Waals surface area contributed by atoms with Gasteiger partial charge in [-0.15, -0.1) is 0 Å². The fraction of sp³-hybridized carbons (Fsp3) is 0.429. The summed E-state index contributed by atoms with van der Waals surface area (Å²) in [5.74, 6) is 0.681. The van der Waals surface area contributed by atoms with Crippen LogP contribution in [0.15, 0.2) is 18.2 Å². The number of hydrogen-bond donors (Lipinski definition) is 0. The Balaban J connectivity index is 2.60. The van der Waals surface area contributed by atoms with E-state index >= 15 is 0 Å². The van der Waals surface area contributed by atoms with Crippen LogP contribution in [0.1, 0.15) is 36.8 Å². The number of nitrogens with zero attached hydrogens (tertiary/aromatic N) is 2. The van der Waals surface area contributed by atoms with Gasteiger partial charge in [-0.2, -0.15) is 5.10 Å². The molecule has 3 heteroatoms. The van der Waals surface area contributed by atoms with Gasteiger partial charge in [0.15, 0.2) is 5.78 Å². The van der Waals surface area contributed by atoms with Crippen molar-refractivity contribution in [2.45, 2.75) is 27.2 Å². The van der Waals surface area contributed by atoms with Crippen molar-refractivity contribution >= 4 is 16.7 Å². The number of aryl methyl sites for hydroxylation is 1. The molecule has 0 fully saturated rings.